The highest BCUT2D eigenvalue weighted by molar-refractivity contribution is 7.98. The fraction of sp³-hybridized carbons (Fsp3) is 0.522. The highest BCUT2D eigenvalue weighted by atomic mass is 32.2. The maximum atomic E-state index is 13.0. The molecule has 200 valence electrons. The van der Waals surface area contributed by atoms with Crippen molar-refractivity contribution in [3.8, 4) is 0 Å². The average molecular weight is 527 g/mol. The summed E-state index contributed by atoms with van der Waals surface area (Å²) in [6, 6.07) is 3.87. The molecule has 0 heterocycles. The van der Waals surface area contributed by atoms with Crippen molar-refractivity contribution in [2.24, 2.45) is 5.73 Å². The van der Waals surface area contributed by atoms with Gasteiger partial charge in [0, 0.05) is 6.42 Å². The number of thioether (sulfide) groups is 1. The number of aliphatic hydroxyl groups excluding tert-OH is 1. The van der Waals surface area contributed by atoms with E-state index in [2.05, 4.69) is 16.0 Å². The van der Waals surface area contributed by atoms with E-state index in [1.807, 2.05) is 6.07 Å². The first-order valence-corrected chi connectivity index (χ1v) is 12.7. The first-order valence-electron chi connectivity index (χ1n) is 11.3. The summed E-state index contributed by atoms with van der Waals surface area (Å²) in [7, 11) is 0. The standard InChI is InChI=1S/C23H34N4O8S/c1-13(28)19(23(34)35)27-22(33)17(10-11-36-2)26-21(32)16(8-9-18(29)30)25-20(31)15(24)12-14-6-4-3-5-7-14/h3-7,13,15-17,19,28H,8-12,24H2,1-2H3,(H,25,31)(H,26,32)(H,27,33)(H,29,30)(H,34,35). The van der Waals surface area contributed by atoms with Crippen LogP contribution < -0.4 is 21.7 Å². The minimum atomic E-state index is -1.59. The molecule has 0 aromatic heterocycles. The zero-order valence-electron chi connectivity index (χ0n) is 20.2. The van der Waals surface area contributed by atoms with E-state index >= 15 is 0 Å². The van der Waals surface area contributed by atoms with Crippen molar-refractivity contribution in [2.45, 2.75) is 62.9 Å². The fourth-order valence-electron chi connectivity index (χ4n) is 3.20. The highest BCUT2D eigenvalue weighted by Crippen LogP contribution is 2.07. The Labute approximate surface area is 213 Å². The molecule has 13 heteroatoms. The predicted molar refractivity (Wildman–Crippen MR) is 133 cm³/mol. The highest BCUT2D eigenvalue weighted by Gasteiger charge is 2.32. The summed E-state index contributed by atoms with van der Waals surface area (Å²) in [5.74, 6) is -4.54. The van der Waals surface area contributed by atoms with Gasteiger partial charge in [0.2, 0.25) is 17.7 Å². The van der Waals surface area contributed by atoms with Gasteiger partial charge in [0.15, 0.2) is 6.04 Å². The molecule has 0 aliphatic rings. The molecule has 0 saturated heterocycles. The molecule has 0 aliphatic carbocycles. The first-order chi connectivity index (χ1) is 17.0. The van der Waals surface area contributed by atoms with Gasteiger partial charge >= 0.3 is 11.9 Å². The molecule has 0 fully saturated rings. The number of amides is 3. The van der Waals surface area contributed by atoms with E-state index in [0.717, 1.165) is 5.56 Å². The molecule has 0 saturated carbocycles. The Balaban J connectivity index is 2.97. The summed E-state index contributed by atoms with van der Waals surface area (Å²) in [5.41, 5.74) is 6.77. The van der Waals surface area contributed by atoms with Gasteiger partial charge in [-0.05, 0) is 43.8 Å². The van der Waals surface area contributed by atoms with Gasteiger partial charge in [-0.25, -0.2) is 4.79 Å². The third kappa shape index (κ3) is 11.1. The van der Waals surface area contributed by atoms with Gasteiger partial charge in [-0.15, -0.1) is 0 Å². The predicted octanol–water partition coefficient (Wildman–Crippen LogP) is -0.906. The van der Waals surface area contributed by atoms with Crippen LogP contribution in [0.5, 0.6) is 0 Å². The number of aliphatic carboxylic acids is 2. The van der Waals surface area contributed by atoms with Crippen molar-refractivity contribution in [1.82, 2.24) is 16.0 Å². The fourth-order valence-corrected chi connectivity index (χ4v) is 3.67. The molecule has 0 spiro atoms. The van der Waals surface area contributed by atoms with Crippen LogP contribution >= 0.6 is 11.8 Å². The maximum absolute atomic E-state index is 13.0. The molecule has 8 N–H and O–H groups in total. The molecule has 3 amide bonds. The normalized spacial score (nSPS) is 15.0. The van der Waals surface area contributed by atoms with Crippen LogP contribution in [0.1, 0.15) is 31.7 Å². The number of hydrogen-bond donors (Lipinski definition) is 7. The van der Waals surface area contributed by atoms with Gasteiger partial charge < -0.3 is 37.0 Å². The van der Waals surface area contributed by atoms with Crippen LogP contribution in [0.25, 0.3) is 0 Å². The van der Waals surface area contributed by atoms with Crippen LogP contribution in [0.4, 0.5) is 0 Å². The largest absolute Gasteiger partial charge is 0.481 e. The van der Waals surface area contributed by atoms with Crippen LogP contribution in [-0.2, 0) is 30.4 Å². The summed E-state index contributed by atoms with van der Waals surface area (Å²) in [6.07, 6.45) is 0.00482. The van der Waals surface area contributed by atoms with Crippen molar-refractivity contribution in [3.63, 3.8) is 0 Å². The van der Waals surface area contributed by atoms with Gasteiger partial charge in [0.05, 0.1) is 12.1 Å². The molecule has 1 rings (SSSR count). The van der Waals surface area contributed by atoms with Gasteiger partial charge in [-0.3, -0.25) is 19.2 Å². The maximum Gasteiger partial charge on any atom is 0.328 e. The lowest BCUT2D eigenvalue weighted by atomic mass is 10.0. The first kappa shape index (κ1) is 30.9. The summed E-state index contributed by atoms with van der Waals surface area (Å²) < 4.78 is 0. The van der Waals surface area contributed by atoms with E-state index in [0.29, 0.717) is 5.75 Å². The zero-order chi connectivity index (χ0) is 27.3. The van der Waals surface area contributed by atoms with Crippen molar-refractivity contribution in [2.75, 3.05) is 12.0 Å². The molecule has 5 unspecified atom stereocenters. The Morgan fingerprint density at radius 3 is 2.00 bits per heavy atom. The van der Waals surface area contributed by atoms with Crippen molar-refractivity contribution in [1.29, 1.82) is 0 Å². The molecule has 0 aliphatic heterocycles. The number of nitrogens with one attached hydrogen (secondary N) is 3. The topological polar surface area (TPSA) is 208 Å². The van der Waals surface area contributed by atoms with E-state index in [1.165, 1.54) is 18.7 Å². The van der Waals surface area contributed by atoms with Gasteiger partial charge in [-0.1, -0.05) is 30.3 Å². The van der Waals surface area contributed by atoms with Crippen LogP contribution in [0, 0.1) is 0 Å². The Hall–Kier alpha value is -3.16. The zero-order valence-corrected chi connectivity index (χ0v) is 21.0. The second-order valence-corrected chi connectivity index (χ2v) is 9.18. The molecule has 0 radical (unpaired) electrons. The lowest BCUT2D eigenvalue weighted by molar-refractivity contribution is -0.145. The van der Waals surface area contributed by atoms with Crippen LogP contribution in [0.3, 0.4) is 0 Å². The number of rotatable bonds is 16. The Morgan fingerprint density at radius 1 is 0.917 bits per heavy atom. The lowest BCUT2D eigenvalue weighted by Gasteiger charge is -2.25. The van der Waals surface area contributed by atoms with E-state index in [4.69, 9.17) is 10.8 Å². The van der Waals surface area contributed by atoms with Crippen LogP contribution in [0.15, 0.2) is 30.3 Å². The van der Waals surface area contributed by atoms with Gasteiger partial charge in [0.1, 0.15) is 12.1 Å². The third-order valence-electron chi connectivity index (χ3n) is 5.20. The van der Waals surface area contributed by atoms with Gasteiger partial charge in [0.25, 0.3) is 0 Å². The van der Waals surface area contributed by atoms with Gasteiger partial charge in [-0.2, -0.15) is 11.8 Å². The van der Waals surface area contributed by atoms with Crippen LogP contribution in [-0.4, -0.2) is 87.3 Å². The van der Waals surface area contributed by atoms with Crippen molar-refractivity contribution >= 4 is 41.4 Å². The minimum absolute atomic E-state index is 0.123. The van der Waals surface area contributed by atoms with E-state index < -0.39 is 66.4 Å². The number of aliphatic hydroxyl groups is 1. The lowest BCUT2D eigenvalue weighted by Crippen LogP contribution is -2.58. The van der Waals surface area contributed by atoms with E-state index in [-0.39, 0.29) is 19.3 Å². The molecule has 12 nitrogen and oxygen atoms in total. The van der Waals surface area contributed by atoms with Crippen molar-refractivity contribution < 1.29 is 39.3 Å². The number of hydrogen-bond acceptors (Lipinski definition) is 8. The van der Waals surface area contributed by atoms with E-state index in [9.17, 15) is 34.2 Å². The number of carbonyl (C=O) groups excluding carboxylic acids is 3. The second-order valence-electron chi connectivity index (χ2n) is 8.20. The SMILES string of the molecule is CSCCC(NC(=O)C(CCC(=O)O)NC(=O)C(N)Cc1ccccc1)C(=O)NC(C(=O)O)C(C)O. The van der Waals surface area contributed by atoms with E-state index in [1.54, 1.807) is 30.5 Å². The van der Waals surface area contributed by atoms with Crippen molar-refractivity contribution in [3.05, 3.63) is 35.9 Å². The molecular weight excluding hydrogens is 492 g/mol. The molecule has 5 atom stereocenters. The third-order valence-corrected chi connectivity index (χ3v) is 5.85. The molecular formula is C23H34N4O8S. The molecule has 36 heavy (non-hydrogen) atoms. The van der Waals surface area contributed by atoms with Crippen LogP contribution in [0.2, 0.25) is 0 Å². The number of carboxylic acids is 2. The number of carboxylic acid groups (broad SMARTS) is 2. The summed E-state index contributed by atoms with van der Waals surface area (Å²) in [5, 5.41) is 35.0. The Kier molecular flexibility index (Phi) is 13.5. The smallest absolute Gasteiger partial charge is 0.328 e. The average Bonchev–Trinajstić information content (AvgIpc) is 2.82. The monoisotopic (exact) mass is 526 g/mol. The quantitative estimate of drug-likeness (QED) is 0.141. The Bertz CT molecular complexity index is 899. The summed E-state index contributed by atoms with van der Waals surface area (Å²) in [4.78, 5) is 60.8. The molecule has 1 aromatic rings. The summed E-state index contributed by atoms with van der Waals surface area (Å²) >= 11 is 1.38. The number of carbonyl (C=O) groups is 5. The molecule has 0 bridgehead atoms. The molecule has 1 aromatic carbocycles. The number of benzene rings is 1. The Morgan fingerprint density at radius 2 is 1.47 bits per heavy atom. The number of nitrogens with two attached hydrogens (primary N) is 1. The minimum Gasteiger partial charge on any atom is -0.481 e. The summed E-state index contributed by atoms with van der Waals surface area (Å²) in [6.45, 7) is 1.20. The second kappa shape index (κ2) is 15.8.